The van der Waals surface area contributed by atoms with Crippen molar-refractivity contribution in [1.29, 1.82) is 0 Å². The molecule has 0 aromatic rings. The molecule has 86 valence electrons. The summed E-state index contributed by atoms with van der Waals surface area (Å²) in [6.07, 6.45) is 1.73. The van der Waals surface area contributed by atoms with Gasteiger partial charge in [0.15, 0.2) is 0 Å². The molecule has 0 aliphatic carbocycles. The second kappa shape index (κ2) is 8.65. The molecule has 0 aliphatic heterocycles. The molecule has 0 unspecified atom stereocenters. The predicted molar refractivity (Wildman–Crippen MR) is 60.6 cm³/mol. The van der Waals surface area contributed by atoms with E-state index >= 15 is 0 Å². The Labute approximate surface area is 95.2 Å². The van der Waals surface area contributed by atoms with Crippen LogP contribution in [0.3, 0.4) is 0 Å². The number of rotatable bonds is 9. The number of halogens is 1. The largest absolute Gasteiger partial charge is 0.328 e. The van der Waals surface area contributed by atoms with E-state index in [0.29, 0.717) is 19.8 Å². The van der Waals surface area contributed by atoms with Crippen molar-refractivity contribution >= 4 is 15.9 Å². The molecule has 0 aliphatic rings. The lowest BCUT2D eigenvalue weighted by Crippen LogP contribution is -2.39. The Kier molecular flexibility index (Phi) is 8.87. The molecule has 0 amide bonds. The van der Waals surface area contributed by atoms with Gasteiger partial charge in [0, 0.05) is 31.6 Å². The molecule has 0 saturated carbocycles. The van der Waals surface area contributed by atoms with Gasteiger partial charge in [-0.05, 0) is 27.2 Å². The highest BCUT2D eigenvalue weighted by molar-refractivity contribution is 9.09. The molecule has 0 aromatic carbocycles. The molecule has 0 atom stereocenters. The fraction of sp³-hybridized carbons (Fsp3) is 1.00. The van der Waals surface area contributed by atoms with Crippen molar-refractivity contribution in [2.75, 3.05) is 25.2 Å². The van der Waals surface area contributed by atoms with Crippen molar-refractivity contribution in [3.05, 3.63) is 0 Å². The molecule has 14 heavy (non-hydrogen) atoms. The minimum Gasteiger partial charge on any atom is -0.328 e. The lowest BCUT2D eigenvalue weighted by atomic mass is 10.3. The van der Waals surface area contributed by atoms with E-state index in [1.807, 2.05) is 20.8 Å². The molecule has 4 heteroatoms. The van der Waals surface area contributed by atoms with E-state index in [-0.39, 0.29) is 0 Å². The summed E-state index contributed by atoms with van der Waals surface area (Å²) in [4.78, 5) is 0. The lowest BCUT2D eigenvalue weighted by Gasteiger charge is -2.32. The first-order valence-corrected chi connectivity index (χ1v) is 6.34. The number of ether oxygens (including phenoxy) is 3. The van der Waals surface area contributed by atoms with E-state index in [2.05, 4.69) is 15.9 Å². The molecule has 0 fully saturated rings. The smallest absolute Gasteiger partial charge is 0.282 e. The third-order valence-electron chi connectivity index (χ3n) is 1.71. The van der Waals surface area contributed by atoms with Gasteiger partial charge in [-0.3, -0.25) is 0 Å². The Morgan fingerprint density at radius 1 is 0.929 bits per heavy atom. The summed E-state index contributed by atoms with van der Waals surface area (Å²) in [5.74, 6) is -0.827. The van der Waals surface area contributed by atoms with Gasteiger partial charge >= 0.3 is 0 Å². The van der Waals surface area contributed by atoms with E-state index in [1.54, 1.807) is 0 Å². The summed E-state index contributed by atoms with van der Waals surface area (Å²) in [6, 6.07) is 0. The normalized spacial score (nSPS) is 12.0. The zero-order valence-corrected chi connectivity index (χ0v) is 10.9. The Hall–Kier alpha value is 0.360. The Bertz CT molecular complexity index is 114. The number of hydrogen-bond donors (Lipinski definition) is 0. The highest BCUT2D eigenvalue weighted by Gasteiger charge is 2.31. The van der Waals surface area contributed by atoms with Crippen molar-refractivity contribution in [1.82, 2.24) is 0 Å². The van der Waals surface area contributed by atoms with Crippen LogP contribution in [0.5, 0.6) is 0 Å². The van der Waals surface area contributed by atoms with Crippen LogP contribution >= 0.6 is 15.9 Å². The fourth-order valence-electron chi connectivity index (χ4n) is 1.28. The summed E-state index contributed by atoms with van der Waals surface area (Å²) in [5.41, 5.74) is 0. The highest BCUT2D eigenvalue weighted by atomic mass is 79.9. The number of alkyl halides is 1. The first kappa shape index (κ1) is 14.4. The van der Waals surface area contributed by atoms with E-state index < -0.39 is 5.97 Å². The third-order valence-corrected chi connectivity index (χ3v) is 2.27. The maximum absolute atomic E-state index is 5.55. The number of hydrogen-bond acceptors (Lipinski definition) is 3. The SMILES string of the molecule is CCOC(CCCBr)(OCC)OCC. The zero-order chi connectivity index (χ0) is 10.9. The molecule has 0 aromatic heterocycles. The topological polar surface area (TPSA) is 27.7 Å². The third kappa shape index (κ3) is 5.29. The zero-order valence-electron chi connectivity index (χ0n) is 9.35. The van der Waals surface area contributed by atoms with Gasteiger partial charge in [-0.2, -0.15) is 0 Å². The molecular weight excluding hydrogens is 248 g/mol. The van der Waals surface area contributed by atoms with Gasteiger partial charge in [0.2, 0.25) is 0 Å². The Morgan fingerprint density at radius 2 is 1.36 bits per heavy atom. The summed E-state index contributed by atoms with van der Waals surface area (Å²) in [5, 5.41) is 0.933. The molecule has 0 heterocycles. The lowest BCUT2D eigenvalue weighted by molar-refractivity contribution is -0.379. The molecule has 0 saturated heterocycles. The summed E-state index contributed by atoms with van der Waals surface area (Å²) < 4.78 is 16.6. The predicted octanol–water partition coefficient (Wildman–Crippen LogP) is 2.92. The second-order valence-corrected chi connectivity index (χ2v) is 3.57. The average Bonchev–Trinajstić information content (AvgIpc) is 2.16. The summed E-state index contributed by atoms with van der Waals surface area (Å²) >= 11 is 3.39. The molecule has 0 radical (unpaired) electrons. The monoisotopic (exact) mass is 268 g/mol. The second-order valence-electron chi connectivity index (χ2n) is 2.77. The minimum absolute atomic E-state index is 0.599. The standard InChI is InChI=1S/C10H21BrO3/c1-4-12-10(13-5-2,14-6-3)8-7-9-11/h4-9H2,1-3H3. The minimum atomic E-state index is -0.827. The van der Waals surface area contributed by atoms with Crippen LogP contribution in [0.1, 0.15) is 33.6 Å². The maximum Gasteiger partial charge on any atom is 0.282 e. The van der Waals surface area contributed by atoms with Gasteiger partial charge in [-0.15, -0.1) is 0 Å². The van der Waals surface area contributed by atoms with Crippen molar-refractivity contribution in [2.45, 2.75) is 39.6 Å². The van der Waals surface area contributed by atoms with E-state index in [0.717, 1.165) is 18.2 Å². The fourth-order valence-corrected chi connectivity index (χ4v) is 1.56. The van der Waals surface area contributed by atoms with E-state index in [4.69, 9.17) is 14.2 Å². The van der Waals surface area contributed by atoms with E-state index in [1.165, 1.54) is 0 Å². The van der Waals surface area contributed by atoms with Crippen LogP contribution < -0.4 is 0 Å². The van der Waals surface area contributed by atoms with Crippen molar-refractivity contribution < 1.29 is 14.2 Å². The van der Waals surface area contributed by atoms with Gasteiger partial charge in [-0.25, -0.2) is 0 Å². The van der Waals surface area contributed by atoms with Gasteiger partial charge < -0.3 is 14.2 Å². The quantitative estimate of drug-likeness (QED) is 0.476. The highest BCUT2D eigenvalue weighted by Crippen LogP contribution is 2.22. The Morgan fingerprint density at radius 3 is 1.64 bits per heavy atom. The van der Waals surface area contributed by atoms with Crippen molar-refractivity contribution in [3.8, 4) is 0 Å². The van der Waals surface area contributed by atoms with Gasteiger partial charge in [-0.1, -0.05) is 15.9 Å². The average molecular weight is 269 g/mol. The molecule has 3 nitrogen and oxygen atoms in total. The van der Waals surface area contributed by atoms with Crippen LogP contribution in [-0.4, -0.2) is 31.1 Å². The molecular formula is C10H21BrO3. The first-order valence-electron chi connectivity index (χ1n) is 5.22. The first-order chi connectivity index (χ1) is 6.74. The molecule has 0 spiro atoms. The van der Waals surface area contributed by atoms with Crippen LogP contribution in [0.2, 0.25) is 0 Å². The van der Waals surface area contributed by atoms with E-state index in [9.17, 15) is 0 Å². The summed E-state index contributed by atoms with van der Waals surface area (Å²) in [7, 11) is 0. The van der Waals surface area contributed by atoms with Crippen LogP contribution in [0.15, 0.2) is 0 Å². The Balaban J connectivity index is 4.21. The molecule has 0 bridgehead atoms. The van der Waals surface area contributed by atoms with Gasteiger partial charge in [0.1, 0.15) is 0 Å². The van der Waals surface area contributed by atoms with Crippen molar-refractivity contribution in [2.24, 2.45) is 0 Å². The van der Waals surface area contributed by atoms with Crippen LogP contribution in [0.25, 0.3) is 0 Å². The van der Waals surface area contributed by atoms with Gasteiger partial charge in [0.25, 0.3) is 5.97 Å². The van der Waals surface area contributed by atoms with Gasteiger partial charge in [0.05, 0.1) is 0 Å². The molecule has 0 rings (SSSR count). The van der Waals surface area contributed by atoms with Crippen LogP contribution in [0.4, 0.5) is 0 Å². The maximum atomic E-state index is 5.55. The van der Waals surface area contributed by atoms with Crippen molar-refractivity contribution in [3.63, 3.8) is 0 Å². The van der Waals surface area contributed by atoms with Crippen LogP contribution in [-0.2, 0) is 14.2 Å². The molecule has 0 N–H and O–H groups in total. The summed E-state index contributed by atoms with van der Waals surface area (Å²) in [6.45, 7) is 7.63. The van der Waals surface area contributed by atoms with Crippen LogP contribution in [0, 0.1) is 0 Å².